The molecule has 1 N–H and O–H groups in total. The zero-order valence-corrected chi connectivity index (χ0v) is 11.0. The number of anilines is 1. The third-order valence-electron chi connectivity index (χ3n) is 2.52. The fourth-order valence-corrected chi connectivity index (χ4v) is 1.66. The van der Waals surface area contributed by atoms with Crippen LogP contribution in [0.15, 0.2) is 24.5 Å². The first-order valence-electron chi connectivity index (χ1n) is 5.81. The van der Waals surface area contributed by atoms with Crippen molar-refractivity contribution >= 4 is 11.5 Å². The Kier molecular flexibility index (Phi) is 4.04. The molecule has 0 aliphatic heterocycles. The van der Waals surface area contributed by atoms with Crippen molar-refractivity contribution < 1.29 is 9.66 Å². The van der Waals surface area contributed by atoms with Crippen molar-refractivity contribution in [3.63, 3.8) is 0 Å². The molecule has 0 amide bonds. The van der Waals surface area contributed by atoms with E-state index in [0.29, 0.717) is 12.4 Å². The van der Waals surface area contributed by atoms with E-state index in [9.17, 15) is 10.1 Å². The van der Waals surface area contributed by atoms with Crippen LogP contribution >= 0.6 is 0 Å². The number of nitro groups is 1. The summed E-state index contributed by atoms with van der Waals surface area (Å²) in [6.07, 6.45) is 3.33. The number of rotatable bonds is 5. The van der Waals surface area contributed by atoms with E-state index in [1.54, 1.807) is 25.4 Å². The Labute approximate surface area is 115 Å². The highest BCUT2D eigenvalue weighted by molar-refractivity contribution is 5.61. The monoisotopic (exact) mass is 275 g/mol. The van der Waals surface area contributed by atoms with E-state index in [4.69, 9.17) is 4.74 Å². The van der Waals surface area contributed by atoms with Gasteiger partial charge in [-0.15, -0.1) is 0 Å². The Morgan fingerprint density at radius 1 is 1.45 bits per heavy atom. The second-order valence-electron chi connectivity index (χ2n) is 3.95. The van der Waals surface area contributed by atoms with Crippen molar-refractivity contribution in [1.82, 2.24) is 15.0 Å². The Bertz CT molecular complexity index is 618. The summed E-state index contributed by atoms with van der Waals surface area (Å²) >= 11 is 0. The van der Waals surface area contributed by atoms with E-state index in [1.165, 1.54) is 7.11 Å². The molecule has 20 heavy (non-hydrogen) atoms. The van der Waals surface area contributed by atoms with Gasteiger partial charge in [0.1, 0.15) is 5.82 Å². The van der Waals surface area contributed by atoms with Crippen LogP contribution in [0.1, 0.15) is 11.4 Å². The van der Waals surface area contributed by atoms with Crippen LogP contribution in [0.2, 0.25) is 0 Å². The predicted molar refractivity (Wildman–Crippen MR) is 71.5 cm³/mol. The first kappa shape index (κ1) is 13.7. The minimum Gasteiger partial charge on any atom is -0.476 e. The first-order chi connectivity index (χ1) is 9.61. The molecule has 2 aromatic heterocycles. The Morgan fingerprint density at radius 3 is 2.85 bits per heavy atom. The second-order valence-corrected chi connectivity index (χ2v) is 3.95. The Balaban J connectivity index is 2.30. The molecule has 0 unspecified atom stereocenters. The van der Waals surface area contributed by atoms with E-state index in [2.05, 4.69) is 20.3 Å². The number of aryl methyl sites for hydroxylation is 1. The quantitative estimate of drug-likeness (QED) is 0.654. The zero-order valence-electron chi connectivity index (χ0n) is 11.0. The Morgan fingerprint density at radius 2 is 2.25 bits per heavy atom. The van der Waals surface area contributed by atoms with E-state index in [0.717, 1.165) is 5.56 Å². The summed E-state index contributed by atoms with van der Waals surface area (Å²) in [6, 6.07) is 3.65. The van der Waals surface area contributed by atoms with Crippen molar-refractivity contribution in [2.45, 2.75) is 13.5 Å². The minimum atomic E-state index is -0.566. The molecule has 0 atom stereocenters. The van der Waals surface area contributed by atoms with Crippen LogP contribution < -0.4 is 10.1 Å². The van der Waals surface area contributed by atoms with Gasteiger partial charge in [0.25, 0.3) is 5.88 Å². The van der Waals surface area contributed by atoms with Crippen molar-refractivity contribution in [3.8, 4) is 5.88 Å². The number of hydrogen-bond acceptors (Lipinski definition) is 7. The van der Waals surface area contributed by atoms with Crippen LogP contribution in [0.25, 0.3) is 0 Å². The number of ether oxygens (including phenoxy) is 1. The molecule has 0 fully saturated rings. The lowest BCUT2D eigenvalue weighted by molar-refractivity contribution is -0.385. The molecule has 0 spiro atoms. The van der Waals surface area contributed by atoms with Crippen LogP contribution in [0.4, 0.5) is 11.5 Å². The number of nitrogens with zero attached hydrogens (tertiary/aromatic N) is 4. The van der Waals surface area contributed by atoms with Gasteiger partial charge < -0.3 is 10.1 Å². The molecule has 0 aliphatic rings. The Hall–Kier alpha value is -2.77. The van der Waals surface area contributed by atoms with Crippen molar-refractivity contribution in [3.05, 3.63) is 46.0 Å². The molecular weight excluding hydrogens is 262 g/mol. The average molecular weight is 275 g/mol. The van der Waals surface area contributed by atoms with Crippen molar-refractivity contribution in [1.29, 1.82) is 0 Å². The number of aromatic nitrogens is 3. The molecule has 0 aromatic carbocycles. The molecule has 0 bridgehead atoms. The highest BCUT2D eigenvalue weighted by Gasteiger charge is 2.24. The summed E-state index contributed by atoms with van der Waals surface area (Å²) in [7, 11) is 1.33. The van der Waals surface area contributed by atoms with Crippen LogP contribution in [-0.4, -0.2) is 27.0 Å². The minimum absolute atomic E-state index is 0.0591. The van der Waals surface area contributed by atoms with Gasteiger partial charge in [-0.1, -0.05) is 6.07 Å². The number of hydrogen-bond donors (Lipinski definition) is 1. The van der Waals surface area contributed by atoms with Gasteiger partial charge in [0.05, 0.1) is 12.0 Å². The van der Waals surface area contributed by atoms with Gasteiger partial charge in [-0.05, 0) is 18.6 Å². The molecule has 2 aromatic rings. The van der Waals surface area contributed by atoms with Crippen LogP contribution in [-0.2, 0) is 6.54 Å². The summed E-state index contributed by atoms with van der Waals surface area (Å²) in [5.74, 6) is 0.459. The molecule has 2 rings (SSSR count). The van der Waals surface area contributed by atoms with E-state index < -0.39 is 4.92 Å². The molecule has 8 heteroatoms. The molecule has 2 heterocycles. The smallest absolute Gasteiger partial charge is 0.372 e. The van der Waals surface area contributed by atoms with Crippen LogP contribution in [0, 0.1) is 17.0 Å². The molecule has 0 radical (unpaired) electrons. The second kappa shape index (κ2) is 5.91. The largest absolute Gasteiger partial charge is 0.476 e. The molecule has 8 nitrogen and oxygen atoms in total. The third-order valence-corrected chi connectivity index (χ3v) is 2.52. The van der Waals surface area contributed by atoms with Crippen LogP contribution in [0.5, 0.6) is 5.88 Å². The van der Waals surface area contributed by atoms with Gasteiger partial charge in [0.15, 0.2) is 0 Å². The lowest BCUT2D eigenvalue weighted by atomic mass is 10.3. The fourth-order valence-electron chi connectivity index (χ4n) is 1.66. The summed E-state index contributed by atoms with van der Waals surface area (Å²) in [5, 5.41) is 14.0. The summed E-state index contributed by atoms with van der Waals surface area (Å²) in [5.41, 5.74) is 0.610. The highest BCUT2D eigenvalue weighted by Crippen LogP contribution is 2.31. The van der Waals surface area contributed by atoms with E-state index >= 15 is 0 Å². The maximum Gasteiger partial charge on any atom is 0.372 e. The third kappa shape index (κ3) is 2.97. The maximum atomic E-state index is 11.1. The predicted octanol–water partition coefficient (Wildman–Crippen LogP) is 1.71. The topological polar surface area (TPSA) is 103 Å². The summed E-state index contributed by atoms with van der Waals surface area (Å²) in [4.78, 5) is 22.5. The molecular formula is C12H13N5O3. The summed E-state index contributed by atoms with van der Waals surface area (Å²) < 4.78 is 4.94. The average Bonchev–Trinajstić information content (AvgIpc) is 2.45. The van der Waals surface area contributed by atoms with Gasteiger partial charge in [-0.2, -0.15) is 4.98 Å². The van der Waals surface area contributed by atoms with Gasteiger partial charge >= 0.3 is 5.69 Å². The van der Waals surface area contributed by atoms with Crippen LogP contribution in [0.3, 0.4) is 0 Å². The number of pyridine rings is 1. The van der Waals surface area contributed by atoms with Crippen molar-refractivity contribution in [2.24, 2.45) is 0 Å². The van der Waals surface area contributed by atoms with Crippen molar-refractivity contribution in [2.75, 3.05) is 12.4 Å². The van der Waals surface area contributed by atoms with Gasteiger partial charge in [-0.25, -0.2) is 4.98 Å². The van der Waals surface area contributed by atoms with Gasteiger partial charge in [-0.3, -0.25) is 15.1 Å². The fraction of sp³-hybridized carbons (Fsp3) is 0.250. The van der Waals surface area contributed by atoms with Gasteiger partial charge in [0.2, 0.25) is 5.82 Å². The number of nitrogens with one attached hydrogen (secondary N) is 1. The van der Waals surface area contributed by atoms with E-state index in [-0.39, 0.29) is 17.4 Å². The normalized spacial score (nSPS) is 10.1. The highest BCUT2D eigenvalue weighted by atomic mass is 16.6. The zero-order chi connectivity index (χ0) is 14.5. The van der Waals surface area contributed by atoms with E-state index in [1.807, 2.05) is 6.07 Å². The standard InChI is InChI=1S/C12H13N5O3/c1-8-15-11(10(17(18)19)12(16-8)20-2)14-7-9-4-3-5-13-6-9/h3-6H,7H2,1-2H3,(H,14,15,16). The number of methoxy groups -OCH3 is 1. The molecule has 0 aliphatic carbocycles. The molecule has 0 saturated heterocycles. The lowest BCUT2D eigenvalue weighted by Gasteiger charge is -2.09. The molecule has 0 saturated carbocycles. The molecule has 104 valence electrons. The maximum absolute atomic E-state index is 11.1. The SMILES string of the molecule is COc1nc(C)nc(NCc2cccnc2)c1[N+](=O)[O-]. The summed E-state index contributed by atoms with van der Waals surface area (Å²) in [6.45, 7) is 2.01. The van der Waals surface area contributed by atoms with Gasteiger partial charge in [0, 0.05) is 18.9 Å². The first-order valence-corrected chi connectivity index (χ1v) is 5.81. The lowest BCUT2D eigenvalue weighted by Crippen LogP contribution is -2.08.